The Hall–Kier alpha value is -1.98. The van der Waals surface area contributed by atoms with Crippen LogP contribution in [-0.4, -0.2) is 7.11 Å². The molecule has 0 atom stereocenters. The van der Waals surface area contributed by atoms with Gasteiger partial charge in [0.05, 0.1) is 7.11 Å². The van der Waals surface area contributed by atoms with E-state index in [9.17, 15) is 4.39 Å². The molecule has 90 valence electrons. The van der Waals surface area contributed by atoms with Gasteiger partial charge >= 0.3 is 0 Å². The normalized spacial score (nSPS) is 9.89. The molecule has 0 aliphatic rings. The van der Waals surface area contributed by atoms with Gasteiger partial charge in [0.1, 0.15) is 11.6 Å². The van der Waals surface area contributed by atoms with Crippen molar-refractivity contribution in [3.05, 3.63) is 52.8 Å². The van der Waals surface area contributed by atoms with Crippen LogP contribution in [0.5, 0.6) is 5.75 Å². The first-order chi connectivity index (χ1) is 8.65. The summed E-state index contributed by atoms with van der Waals surface area (Å²) >= 11 is 5.87. The topological polar surface area (TPSA) is 9.23 Å². The Morgan fingerprint density at radius 2 is 1.94 bits per heavy atom. The summed E-state index contributed by atoms with van der Waals surface area (Å²) in [6.07, 6.45) is 5.42. The van der Waals surface area contributed by atoms with E-state index >= 15 is 0 Å². The molecule has 0 spiro atoms. The molecule has 0 amide bonds. The van der Waals surface area contributed by atoms with Crippen molar-refractivity contribution < 1.29 is 9.13 Å². The third kappa shape index (κ3) is 2.32. The van der Waals surface area contributed by atoms with E-state index < -0.39 is 0 Å². The van der Waals surface area contributed by atoms with E-state index in [1.165, 1.54) is 13.2 Å². The van der Waals surface area contributed by atoms with Crippen LogP contribution in [0.2, 0.25) is 5.02 Å². The van der Waals surface area contributed by atoms with Gasteiger partial charge in [-0.1, -0.05) is 23.6 Å². The minimum Gasteiger partial charge on any atom is -0.497 e. The zero-order chi connectivity index (χ0) is 13.1. The van der Waals surface area contributed by atoms with Crippen molar-refractivity contribution in [1.82, 2.24) is 0 Å². The van der Waals surface area contributed by atoms with Gasteiger partial charge in [-0.05, 0) is 30.3 Å². The van der Waals surface area contributed by atoms with E-state index in [1.54, 1.807) is 30.3 Å². The molecule has 0 saturated heterocycles. The second-order valence-corrected chi connectivity index (χ2v) is 4.12. The van der Waals surface area contributed by atoms with E-state index in [4.69, 9.17) is 22.8 Å². The van der Waals surface area contributed by atoms with Crippen LogP contribution in [-0.2, 0) is 0 Å². The van der Waals surface area contributed by atoms with Crippen LogP contribution in [0, 0.1) is 18.2 Å². The Bertz CT molecular complexity index is 629. The van der Waals surface area contributed by atoms with Crippen LogP contribution in [0.3, 0.4) is 0 Å². The Kier molecular flexibility index (Phi) is 3.55. The Morgan fingerprint density at radius 3 is 2.61 bits per heavy atom. The van der Waals surface area contributed by atoms with Gasteiger partial charge in [0.2, 0.25) is 0 Å². The van der Waals surface area contributed by atoms with E-state index in [0.717, 1.165) is 0 Å². The molecule has 0 N–H and O–H groups in total. The molecule has 0 unspecified atom stereocenters. The molecule has 18 heavy (non-hydrogen) atoms. The number of methoxy groups -OCH3 is 1. The second-order valence-electron chi connectivity index (χ2n) is 3.68. The lowest BCUT2D eigenvalue weighted by Crippen LogP contribution is -1.91. The average Bonchev–Trinajstić information content (AvgIpc) is 2.39. The summed E-state index contributed by atoms with van der Waals surface area (Å²) in [6.45, 7) is 0. The van der Waals surface area contributed by atoms with E-state index in [2.05, 4.69) is 5.92 Å². The zero-order valence-corrected chi connectivity index (χ0v) is 10.5. The molecule has 0 bridgehead atoms. The number of rotatable bonds is 2. The fourth-order valence-electron chi connectivity index (χ4n) is 1.71. The largest absolute Gasteiger partial charge is 0.497 e. The van der Waals surface area contributed by atoms with Crippen molar-refractivity contribution in [3.8, 4) is 29.2 Å². The third-order valence-electron chi connectivity index (χ3n) is 2.60. The van der Waals surface area contributed by atoms with Crippen molar-refractivity contribution >= 4 is 11.6 Å². The van der Waals surface area contributed by atoms with Crippen LogP contribution in [0.15, 0.2) is 36.4 Å². The highest BCUT2D eigenvalue weighted by Crippen LogP contribution is 2.30. The molecule has 2 aromatic carbocycles. The lowest BCUT2D eigenvalue weighted by Gasteiger charge is -2.09. The first kappa shape index (κ1) is 12.5. The number of hydrogen-bond acceptors (Lipinski definition) is 1. The smallest absolute Gasteiger partial charge is 0.131 e. The first-order valence-electron chi connectivity index (χ1n) is 5.26. The summed E-state index contributed by atoms with van der Waals surface area (Å²) in [6, 6.07) is 9.54. The lowest BCUT2D eigenvalue weighted by atomic mass is 9.99. The maximum atomic E-state index is 13.9. The van der Waals surface area contributed by atoms with Gasteiger partial charge in [0, 0.05) is 21.7 Å². The fourth-order valence-corrected chi connectivity index (χ4v) is 1.88. The lowest BCUT2D eigenvalue weighted by molar-refractivity contribution is 0.414. The zero-order valence-electron chi connectivity index (χ0n) is 9.71. The molecule has 0 fully saturated rings. The molecular formula is C15H10ClFO. The fraction of sp³-hybridized carbons (Fsp3) is 0.0667. The molecule has 0 aliphatic carbocycles. The van der Waals surface area contributed by atoms with E-state index in [1.807, 2.05) is 0 Å². The number of hydrogen-bond donors (Lipinski definition) is 0. The SMILES string of the molecule is C#Cc1cc(Cl)ccc1-c1cc(OC)ccc1F. The Labute approximate surface area is 110 Å². The standard InChI is InChI=1S/C15H10ClFO/c1-3-10-8-11(16)4-6-13(10)14-9-12(18-2)5-7-15(14)17/h1,4-9H,2H3. The molecule has 0 saturated carbocycles. The quantitative estimate of drug-likeness (QED) is 0.738. The average molecular weight is 261 g/mol. The van der Waals surface area contributed by atoms with Crippen LogP contribution in [0.1, 0.15) is 5.56 Å². The summed E-state index contributed by atoms with van der Waals surface area (Å²) in [5.74, 6) is 2.73. The van der Waals surface area contributed by atoms with Crippen molar-refractivity contribution in [3.63, 3.8) is 0 Å². The first-order valence-corrected chi connectivity index (χ1v) is 5.63. The molecule has 3 heteroatoms. The molecule has 1 nitrogen and oxygen atoms in total. The van der Waals surface area contributed by atoms with Gasteiger partial charge in [0.25, 0.3) is 0 Å². The van der Waals surface area contributed by atoms with E-state index in [0.29, 0.717) is 27.5 Å². The van der Waals surface area contributed by atoms with Crippen LogP contribution >= 0.6 is 11.6 Å². The van der Waals surface area contributed by atoms with Crippen LogP contribution < -0.4 is 4.74 Å². The van der Waals surface area contributed by atoms with Gasteiger partial charge in [-0.25, -0.2) is 4.39 Å². The number of benzene rings is 2. The van der Waals surface area contributed by atoms with Crippen molar-refractivity contribution in [2.75, 3.05) is 7.11 Å². The van der Waals surface area contributed by atoms with Gasteiger partial charge < -0.3 is 4.74 Å². The molecule has 0 radical (unpaired) electrons. The monoisotopic (exact) mass is 260 g/mol. The Balaban J connectivity index is 2.65. The van der Waals surface area contributed by atoms with E-state index in [-0.39, 0.29) is 5.82 Å². The highest BCUT2D eigenvalue weighted by Gasteiger charge is 2.10. The number of halogens is 2. The molecule has 2 rings (SSSR count). The highest BCUT2D eigenvalue weighted by atomic mass is 35.5. The predicted octanol–water partition coefficient (Wildman–Crippen LogP) is 4.14. The molecule has 0 aliphatic heterocycles. The summed E-state index contributed by atoms with van der Waals surface area (Å²) in [5, 5.41) is 0.523. The van der Waals surface area contributed by atoms with Crippen molar-refractivity contribution in [2.45, 2.75) is 0 Å². The molecule has 0 aromatic heterocycles. The third-order valence-corrected chi connectivity index (χ3v) is 2.84. The summed E-state index contributed by atoms with van der Waals surface area (Å²) < 4.78 is 18.9. The maximum absolute atomic E-state index is 13.9. The maximum Gasteiger partial charge on any atom is 0.131 e. The van der Waals surface area contributed by atoms with Gasteiger partial charge in [-0.15, -0.1) is 6.42 Å². The molecule has 0 heterocycles. The Morgan fingerprint density at radius 1 is 1.17 bits per heavy atom. The predicted molar refractivity (Wildman–Crippen MR) is 71.3 cm³/mol. The number of ether oxygens (including phenoxy) is 1. The summed E-state index contributed by atoms with van der Waals surface area (Å²) in [7, 11) is 1.53. The second kappa shape index (κ2) is 5.12. The minimum atomic E-state index is -0.352. The minimum absolute atomic E-state index is 0.352. The molecule has 2 aromatic rings. The highest BCUT2D eigenvalue weighted by molar-refractivity contribution is 6.30. The summed E-state index contributed by atoms with van der Waals surface area (Å²) in [5.41, 5.74) is 1.58. The molecular weight excluding hydrogens is 251 g/mol. The van der Waals surface area contributed by atoms with Gasteiger partial charge in [-0.2, -0.15) is 0 Å². The van der Waals surface area contributed by atoms with Crippen LogP contribution in [0.25, 0.3) is 11.1 Å². The summed E-state index contributed by atoms with van der Waals surface area (Å²) in [4.78, 5) is 0. The van der Waals surface area contributed by atoms with Crippen molar-refractivity contribution in [1.29, 1.82) is 0 Å². The van der Waals surface area contributed by atoms with Crippen molar-refractivity contribution in [2.24, 2.45) is 0 Å². The van der Waals surface area contributed by atoms with Crippen LogP contribution in [0.4, 0.5) is 4.39 Å². The van der Waals surface area contributed by atoms with Gasteiger partial charge in [-0.3, -0.25) is 0 Å². The number of terminal acetylenes is 1. The van der Waals surface area contributed by atoms with Gasteiger partial charge in [0.15, 0.2) is 0 Å².